The Kier molecular flexibility index (Phi) is 20.2. The Bertz CT molecular complexity index is 647. The van der Waals surface area contributed by atoms with E-state index in [-0.39, 0.29) is 12.5 Å². The molecular weight excluding hydrogens is 392 g/mol. The minimum Gasteiger partial charge on any atom is -0.395 e. The van der Waals surface area contributed by atoms with Gasteiger partial charge in [0.25, 0.3) is 0 Å². The van der Waals surface area contributed by atoms with Gasteiger partial charge in [-0.1, -0.05) is 72.8 Å². The molecule has 0 rings (SSSR count). The molecule has 172 valence electrons. The highest BCUT2D eigenvalue weighted by atomic mass is 16.3. The molecule has 2 atom stereocenters. The summed E-state index contributed by atoms with van der Waals surface area (Å²) < 4.78 is 0. The van der Waals surface area contributed by atoms with Gasteiger partial charge in [-0.05, 0) is 50.5 Å². The van der Waals surface area contributed by atoms with E-state index in [1.165, 1.54) is 0 Å². The van der Waals surface area contributed by atoms with Crippen LogP contribution in [0.5, 0.6) is 0 Å². The number of amides is 1. The fraction of sp³-hybridized carbons (Fsp3) is 0.542. The number of nitrogens with zero attached hydrogens (tertiary/aromatic N) is 3. The van der Waals surface area contributed by atoms with Gasteiger partial charge in [0.1, 0.15) is 0 Å². The van der Waals surface area contributed by atoms with Gasteiger partial charge in [-0.2, -0.15) is 0 Å². The van der Waals surface area contributed by atoms with Gasteiger partial charge in [0.15, 0.2) is 0 Å². The molecule has 0 fully saturated rings. The SMILES string of the molecule is CCC(O)C(C/C=C\C/C=C\C/C=C\C/C=C\C/C=C\CCC(=O)NCCO)N=[N+]=[N-]. The average molecular weight is 431 g/mol. The van der Waals surface area contributed by atoms with Gasteiger partial charge in [-0.25, -0.2) is 0 Å². The molecule has 0 heterocycles. The predicted octanol–water partition coefficient (Wildman–Crippen LogP) is 5.06. The summed E-state index contributed by atoms with van der Waals surface area (Å²) in [7, 11) is 0. The number of allylic oxidation sites excluding steroid dienone is 9. The molecular formula is C24H38N4O3. The summed E-state index contributed by atoms with van der Waals surface area (Å²) in [5, 5.41) is 24.6. The van der Waals surface area contributed by atoms with Crippen molar-refractivity contribution in [2.75, 3.05) is 13.2 Å². The lowest BCUT2D eigenvalue weighted by molar-refractivity contribution is -0.121. The molecule has 0 aromatic carbocycles. The van der Waals surface area contributed by atoms with Gasteiger partial charge in [0.2, 0.25) is 5.91 Å². The zero-order valence-electron chi connectivity index (χ0n) is 18.6. The fourth-order valence-corrected chi connectivity index (χ4v) is 2.56. The lowest BCUT2D eigenvalue weighted by atomic mass is 10.1. The first-order chi connectivity index (χ1) is 15.2. The zero-order valence-corrected chi connectivity index (χ0v) is 18.6. The van der Waals surface area contributed by atoms with Crippen LogP contribution in [0.4, 0.5) is 0 Å². The molecule has 0 saturated heterocycles. The second-order valence-corrected chi connectivity index (χ2v) is 6.90. The van der Waals surface area contributed by atoms with Crippen LogP contribution in [0.3, 0.4) is 0 Å². The first kappa shape index (κ1) is 28.4. The third-order valence-electron chi connectivity index (χ3n) is 4.33. The average Bonchev–Trinajstić information content (AvgIpc) is 2.78. The van der Waals surface area contributed by atoms with E-state index >= 15 is 0 Å². The number of carbonyl (C=O) groups excluding carboxylic acids is 1. The normalized spacial score (nSPS) is 14.2. The smallest absolute Gasteiger partial charge is 0.220 e. The standard InChI is InChI=1S/C24H38N4O3/c1-2-23(30)22(27-28-25)18-16-14-12-10-8-6-4-3-5-7-9-11-13-15-17-19-24(31)26-20-21-29/h3-4,7-10,13-16,22-23,29-30H,2,5-6,11-12,17-21H2,1H3,(H,26,31)/b4-3-,9-7-,10-8-,15-13-,16-14-. The lowest BCUT2D eigenvalue weighted by Gasteiger charge is -2.14. The van der Waals surface area contributed by atoms with Crippen molar-refractivity contribution in [3.63, 3.8) is 0 Å². The van der Waals surface area contributed by atoms with Crippen LogP contribution in [0.1, 0.15) is 58.3 Å². The molecule has 0 spiro atoms. The minimum atomic E-state index is -0.595. The van der Waals surface area contributed by atoms with E-state index < -0.39 is 12.1 Å². The maximum Gasteiger partial charge on any atom is 0.220 e. The molecule has 1 amide bonds. The van der Waals surface area contributed by atoms with Crippen LogP contribution in [-0.2, 0) is 4.79 Å². The van der Waals surface area contributed by atoms with Crippen molar-refractivity contribution in [2.45, 2.75) is 70.4 Å². The molecule has 7 heteroatoms. The highest BCUT2D eigenvalue weighted by Crippen LogP contribution is 2.09. The van der Waals surface area contributed by atoms with Crippen LogP contribution in [0.2, 0.25) is 0 Å². The monoisotopic (exact) mass is 430 g/mol. The van der Waals surface area contributed by atoms with Crippen molar-refractivity contribution in [3.8, 4) is 0 Å². The summed E-state index contributed by atoms with van der Waals surface area (Å²) in [4.78, 5) is 14.1. The second kappa shape index (κ2) is 22.1. The summed E-state index contributed by atoms with van der Waals surface area (Å²) in [5.74, 6) is -0.0322. The van der Waals surface area contributed by atoms with Gasteiger partial charge in [0.05, 0.1) is 18.8 Å². The maximum atomic E-state index is 11.3. The van der Waals surface area contributed by atoms with Crippen molar-refractivity contribution in [2.24, 2.45) is 5.11 Å². The van der Waals surface area contributed by atoms with E-state index in [1.807, 2.05) is 31.2 Å². The second-order valence-electron chi connectivity index (χ2n) is 6.90. The summed E-state index contributed by atoms with van der Waals surface area (Å²) in [5.41, 5.74) is 8.53. The molecule has 0 aliphatic heterocycles. The summed E-state index contributed by atoms with van der Waals surface area (Å²) in [6.45, 7) is 2.16. The summed E-state index contributed by atoms with van der Waals surface area (Å²) in [6, 6.07) is -0.398. The maximum absolute atomic E-state index is 11.3. The summed E-state index contributed by atoms with van der Waals surface area (Å²) >= 11 is 0. The van der Waals surface area contributed by atoms with Gasteiger partial charge >= 0.3 is 0 Å². The zero-order chi connectivity index (χ0) is 23.0. The van der Waals surface area contributed by atoms with Crippen LogP contribution in [0.15, 0.2) is 65.9 Å². The molecule has 3 N–H and O–H groups in total. The van der Waals surface area contributed by atoms with E-state index in [9.17, 15) is 9.90 Å². The molecule has 0 aliphatic rings. The number of aliphatic hydroxyl groups excluding tert-OH is 2. The van der Waals surface area contributed by atoms with Crippen LogP contribution >= 0.6 is 0 Å². The Morgan fingerprint density at radius 1 is 0.968 bits per heavy atom. The van der Waals surface area contributed by atoms with E-state index in [4.69, 9.17) is 10.6 Å². The number of azide groups is 1. The largest absolute Gasteiger partial charge is 0.395 e. The number of hydrogen-bond donors (Lipinski definition) is 3. The van der Waals surface area contributed by atoms with Gasteiger partial charge in [-0.3, -0.25) is 4.79 Å². The van der Waals surface area contributed by atoms with Gasteiger partial charge in [0, 0.05) is 17.9 Å². The molecule has 0 saturated carbocycles. The van der Waals surface area contributed by atoms with Crippen LogP contribution < -0.4 is 5.32 Å². The number of rotatable bonds is 18. The van der Waals surface area contributed by atoms with E-state index in [2.05, 4.69) is 51.8 Å². The quantitative estimate of drug-likeness (QED) is 0.122. The number of aliphatic hydroxyl groups is 2. The number of nitrogens with one attached hydrogen (secondary N) is 1. The molecule has 0 aromatic heterocycles. The molecule has 7 nitrogen and oxygen atoms in total. The first-order valence-electron chi connectivity index (χ1n) is 11.0. The van der Waals surface area contributed by atoms with Crippen molar-refractivity contribution >= 4 is 5.91 Å². The van der Waals surface area contributed by atoms with Crippen LogP contribution in [0, 0.1) is 0 Å². The third kappa shape index (κ3) is 19.1. The van der Waals surface area contributed by atoms with Crippen LogP contribution in [-0.4, -0.2) is 41.4 Å². The number of hydrogen-bond acceptors (Lipinski definition) is 4. The lowest BCUT2D eigenvalue weighted by Crippen LogP contribution is -2.25. The Morgan fingerprint density at radius 3 is 1.97 bits per heavy atom. The Hall–Kier alpha value is -2.60. The van der Waals surface area contributed by atoms with Crippen molar-refractivity contribution < 1.29 is 15.0 Å². The molecule has 31 heavy (non-hydrogen) atoms. The van der Waals surface area contributed by atoms with Gasteiger partial charge < -0.3 is 15.5 Å². The third-order valence-corrected chi connectivity index (χ3v) is 4.33. The fourth-order valence-electron chi connectivity index (χ4n) is 2.56. The van der Waals surface area contributed by atoms with Gasteiger partial charge in [-0.15, -0.1) is 0 Å². The molecule has 0 bridgehead atoms. The van der Waals surface area contributed by atoms with E-state index in [0.29, 0.717) is 32.2 Å². The van der Waals surface area contributed by atoms with Crippen molar-refractivity contribution in [1.82, 2.24) is 5.32 Å². The van der Waals surface area contributed by atoms with Crippen molar-refractivity contribution in [3.05, 3.63) is 71.2 Å². The Morgan fingerprint density at radius 2 is 1.48 bits per heavy atom. The highest BCUT2D eigenvalue weighted by molar-refractivity contribution is 5.75. The van der Waals surface area contributed by atoms with Crippen molar-refractivity contribution in [1.29, 1.82) is 0 Å². The van der Waals surface area contributed by atoms with E-state index in [1.54, 1.807) is 0 Å². The molecule has 0 aromatic rings. The minimum absolute atomic E-state index is 0.0261. The Balaban J connectivity index is 3.77. The first-order valence-corrected chi connectivity index (χ1v) is 11.0. The molecule has 2 unspecified atom stereocenters. The Labute approximate surface area is 186 Å². The number of carbonyl (C=O) groups is 1. The summed E-state index contributed by atoms with van der Waals surface area (Å²) in [6.07, 6.45) is 25.8. The van der Waals surface area contributed by atoms with E-state index in [0.717, 1.165) is 25.7 Å². The molecule has 0 aliphatic carbocycles. The predicted molar refractivity (Wildman–Crippen MR) is 127 cm³/mol. The topological polar surface area (TPSA) is 118 Å². The highest BCUT2D eigenvalue weighted by Gasteiger charge is 2.13. The van der Waals surface area contributed by atoms with Crippen LogP contribution in [0.25, 0.3) is 10.4 Å². The molecule has 0 radical (unpaired) electrons.